The van der Waals surface area contributed by atoms with Crippen LogP contribution < -0.4 is 0 Å². The van der Waals surface area contributed by atoms with Crippen molar-refractivity contribution in [3.63, 3.8) is 0 Å². The number of rotatable bonds is 1. The van der Waals surface area contributed by atoms with Gasteiger partial charge in [0.15, 0.2) is 5.79 Å². The Morgan fingerprint density at radius 3 is 2.62 bits per heavy atom. The van der Waals surface area contributed by atoms with E-state index in [9.17, 15) is 0 Å². The molecular formula is C11H18O2. The minimum absolute atomic E-state index is 0.257. The summed E-state index contributed by atoms with van der Waals surface area (Å²) in [6.45, 7) is 10.1. The van der Waals surface area contributed by atoms with Gasteiger partial charge in [0.1, 0.15) is 0 Å². The first-order valence-electron chi connectivity index (χ1n) is 5.01. The molecule has 0 radical (unpaired) electrons. The fourth-order valence-electron chi connectivity index (χ4n) is 2.46. The zero-order chi connectivity index (χ0) is 9.64. The Balaban J connectivity index is 2.12. The lowest BCUT2D eigenvalue weighted by molar-refractivity contribution is -0.154. The Labute approximate surface area is 79.9 Å². The normalized spacial score (nSPS) is 41.9. The van der Waals surface area contributed by atoms with E-state index < -0.39 is 0 Å². The van der Waals surface area contributed by atoms with E-state index in [4.69, 9.17) is 9.47 Å². The van der Waals surface area contributed by atoms with Crippen molar-refractivity contribution in [2.45, 2.75) is 51.6 Å². The highest BCUT2D eigenvalue weighted by atomic mass is 16.8. The topological polar surface area (TPSA) is 18.5 Å². The summed E-state index contributed by atoms with van der Waals surface area (Å²) in [5.74, 6) is 0.121. The zero-order valence-corrected chi connectivity index (χ0v) is 8.67. The fourth-order valence-corrected chi connectivity index (χ4v) is 2.46. The van der Waals surface area contributed by atoms with E-state index in [0.717, 1.165) is 6.42 Å². The molecule has 3 atom stereocenters. The minimum Gasteiger partial charge on any atom is -0.345 e. The van der Waals surface area contributed by atoms with Crippen LogP contribution in [-0.2, 0) is 9.47 Å². The van der Waals surface area contributed by atoms with Gasteiger partial charge in [-0.3, -0.25) is 0 Å². The van der Waals surface area contributed by atoms with E-state index in [2.05, 4.69) is 13.5 Å². The summed E-state index contributed by atoms with van der Waals surface area (Å²) in [6, 6.07) is 0. The second-order valence-corrected chi connectivity index (χ2v) is 4.67. The van der Waals surface area contributed by atoms with Crippen LogP contribution in [0.1, 0.15) is 33.6 Å². The molecule has 74 valence electrons. The van der Waals surface area contributed by atoms with Gasteiger partial charge < -0.3 is 9.47 Å². The monoisotopic (exact) mass is 182 g/mol. The van der Waals surface area contributed by atoms with Crippen LogP contribution in [0.15, 0.2) is 12.2 Å². The van der Waals surface area contributed by atoms with E-state index in [1.165, 1.54) is 12.0 Å². The van der Waals surface area contributed by atoms with Gasteiger partial charge in [-0.1, -0.05) is 12.2 Å². The van der Waals surface area contributed by atoms with Gasteiger partial charge in [0.05, 0.1) is 12.2 Å². The molecule has 2 nitrogen and oxygen atoms in total. The predicted octanol–water partition coefficient (Wildman–Crippen LogP) is 2.49. The molecule has 1 aliphatic heterocycles. The van der Waals surface area contributed by atoms with Crippen molar-refractivity contribution in [1.82, 2.24) is 0 Å². The third kappa shape index (κ3) is 1.53. The van der Waals surface area contributed by atoms with E-state index >= 15 is 0 Å². The van der Waals surface area contributed by atoms with Gasteiger partial charge in [-0.05, 0) is 33.6 Å². The molecule has 1 saturated carbocycles. The van der Waals surface area contributed by atoms with E-state index in [1.54, 1.807) is 0 Å². The molecule has 2 rings (SSSR count). The number of hydrogen-bond donors (Lipinski definition) is 0. The van der Waals surface area contributed by atoms with Crippen molar-refractivity contribution < 1.29 is 9.47 Å². The predicted molar refractivity (Wildman–Crippen MR) is 51.4 cm³/mol. The van der Waals surface area contributed by atoms with Gasteiger partial charge in [-0.15, -0.1) is 0 Å². The van der Waals surface area contributed by atoms with Crippen molar-refractivity contribution >= 4 is 0 Å². The van der Waals surface area contributed by atoms with Crippen LogP contribution in [0.5, 0.6) is 0 Å². The van der Waals surface area contributed by atoms with Gasteiger partial charge in [0, 0.05) is 5.92 Å². The van der Waals surface area contributed by atoms with Gasteiger partial charge in [0.2, 0.25) is 0 Å². The maximum Gasteiger partial charge on any atom is 0.163 e. The van der Waals surface area contributed by atoms with Crippen LogP contribution in [0.2, 0.25) is 0 Å². The standard InChI is InChI=1S/C11H18O2/c1-7(2)8-5-6-9-10(8)13-11(3,4)12-9/h8-10H,1,5-6H2,2-4H3/t8-,9+,10-/m1/s1. The Morgan fingerprint density at radius 2 is 2.00 bits per heavy atom. The summed E-state index contributed by atoms with van der Waals surface area (Å²) >= 11 is 0. The molecule has 0 spiro atoms. The maximum atomic E-state index is 5.86. The van der Waals surface area contributed by atoms with Crippen molar-refractivity contribution in [3.05, 3.63) is 12.2 Å². The Hall–Kier alpha value is -0.340. The zero-order valence-electron chi connectivity index (χ0n) is 8.67. The summed E-state index contributed by atoms with van der Waals surface area (Å²) in [7, 11) is 0. The van der Waals surface area contributed by atoms with E-state index in [0.29, 0.717) is 12.0 Å². The summed E-state index contributed by atoms with van der Waals surface area (Å²) in [4.78, 5) is 0. The molecule has 2 fully saturated rings. The van der Waals surface area contributed by atoms with Crippen molar-refractivity contribution in [2.24, 2.45) is 5.92 Å². The molecule has 1 saturated heterocycles. The second kappa shape index (κ2) is 2.82. The largest absolute Gasteiger partial charge is 0.345 e. The summed E-state index contributed by atoms with van der Waals surface area (Å²) in [6.07, 6.45) is 2.84. The highest BCUT2D eigenvalue weighted by Crippen LogP contribution is 2.43. The van der Waals surface area contributed by atoms with Crippen LogP contribution >= 0.6 is 0 Å². The highest BCUT2D eigenvalue weighted by molar-refractivity contribution is 5.07. The average Bonchev–Trinajstić information content (AvgIpc) is 2.41. The molecule has 1 aliphatic carbocycles. The second-order valence-electron chi connectivity index (χ2n) is 4.67. The molecule has 0 N–H and O–H groups in total. The first-order chi connectivity index (χ1) is 5.99. The Morgan fingerprint density at radius 1 is 1.31 bits per heavy atom. The lowest BCUT2D eigenvalue weighted by atomic mass is 9.98. The molecule has 2 aliphatic rings. The third-order valence-electron chi connectivity index (χ3n) is 3.01. The molecular weight excluding hydrogens is 164 g/mol. The smallest absolute Gasteiger partial charge is 0.163 e. The minimum atomic E-state index is -0.385. The number of fused-ring (bicyclic) bond motifs is 1. The molecule has 0 aromatic rings. The molecule has 0 bridgehead atoms. The molecule has 0 unspecified atom stereocenters. The quantitative estimate of drug-likeness (QED) is 0.580. The molecule has 1 heterocycles. The summed E-state index contributed by atoms with van der Waals surface area (Å²) in [5, 5.41) is 0. The Bertz CT molecular complexity index is 232. The number of hydrogen-bond acceptors (Lipinski definition) is 2. The van der Waals surface area contributed by atoms with Gasteiger partial charge in [-0.25, -0.2) is 0 Å². The summed E-state index contributed by atoms with van der Waals surface area (Å²) in [5.41, 5.74) is 1.23. The summed E-state index contributed by atoms with van der Waals surface area (Å²) < 4.78 is 11.7. The Kier molecular flexibility index (Phi) is 2.00. The number of ether oxygens (including phenoxy) is 2. The SMILES string of the molecule is C=C(C)[C@H]1CC[C@@H]2OC(C)(C)O[C@@H]21. The molecule has 2 heteroatoms. The van der Waals surface area contributed by atoms with Crippen LogP contribution in [0, 0.1) is 5.92 Å². The first-order valence-corrected chi connectivity index (χ1v) is 5.01. The van der Waals surface area contributed by atoms with Crippen LogP contribution in [0.25, 0.3) is 0 Å². The van der Waals surface area contributed by atoms with Gasteiger partial charge in [0.25, 0.3) is 0 Å². The van der Waals surface area contributed by atoms with E-state index in [-0.39, 0.29) is 11.9 Å². The van der Waals surface area contributed by atoms with Crippen LogP contribution in [-0.4, -0.2) is 18.0 Å². The van der Waals surface area contributed by atoms with Crippen LogP contribution in [0.3, 0.4) is 0 Å². The highest BCUT2D eigenvalue weighted by Gasteiger charge is 2.48. The third-order valence-corrected chi connectivity index (χ3v) is 3.01. The molecule has 0 aromatic carbocycles. The van der Waals surface area contributed by atoms with E-state index in [1.807, 2.05) is 13.8 Å². The fraction of sp³-hybridized carbons (Fsp3) is 0.818. The van der Waals surface area contributed by atoms with Crippen molar-refractivity contribution in [1.29, 1.82) is 0 Å². The molecule has 0 aromatic heterocycles. The lowest BCUT2D eigenvalue weighted by Crippen LogP contribution is -2.25. The van der Waals surface area contributed by atoms with Crippen molar-refractivity contribution in [3.8, 4) is 0 Å². The molecule has 0 amide bonds. The lowest BCUT2D eigenvalue weighted by Gasteiger charge is -2.21. The maximum absolute atomic E-state index is 5.86. The average molecular weight is 182 g/mol. The molecule has 13 heavy (non-hydrogen) atoms. The van der Waals surface area contributed by atoms with Crippen LogP contribution in [0.4, 0.5) is 0 Å². The van der Waals surface area contributed by atoms with Gasteiger partial charge in [-0.2, -0.15) is 0 Å². The van der Waals surface area contributed by atoms with Crippen molar-refractivity contribution in [2.75, 3.05) is 0 Å². The van der Waals surface area contributed by atoms with Gasteiger partial charge >= 0.3 is 0 Å². The first kappa shape index (κ1) is 9.22.